The largest absolute Gasteiger partial charge is 0.311 e. The Hall–Kier alpha value is -0.250. The van der Waals surface area contributed by atoms with Crippen molar-refractivity contribution in [3.05, 3.63) is 16.4 Å². The Morgan fingerprint density at radius 1 is 1.53 bits per heavy atom. The summed E-state index contributed by atoms with van der Waals surface area (Å²) >= 11 is 11.8. The topological polar surface area (TPSA) is 29.9 Å². The smallest absolute Gasteiger partial charge is 0.0860 e. The second-order valence-electron chi connectivity index (χ2n) is 3.86. The number of rotatable bonds is 5. The maximum Gasteiger partial charge on any atom is 0.0860 e. The first-order chi connectivity index (χ1) is 7.06. The quantitative estimate of drug-likeness (QED) is 0.813. The van der Waals surface area contributed by atoms with Crippen molar-refractivity contribution in [2.45, 2.75) is 20.4 Å². The molecule has 0 aliphatic carbocycles. The Labute approximate surface area is 101 Å². The van der Waals surface area contributed by atoms with Crippen LogP contribution in [0.4, 0.5) is 0 Å². The molecule has 0 aliphatic rings. The lowest BCUT2D eigenvalue weighted by atomic mass is 10.2. The van der Waals surface area contributed by atoms with Gasteiger partial charge in [-0.3, -0.25) is 4.68 Å². The molecule has 0 amide bonds. The van der Waals surface area contributed by atoms with Gasteiger partial charge in [-0.05, 0) is 19.4 Å². The van der Waals surface area contributed by atoms with Crippen molar-refractivity contribution in [2.24, 2.45) is 13.0 Å². The van der Waals surface area contributed by atoms with E-state index in [0.29, 0.717) is 11.8 Å². The van der Waals surface area contributed by atoms with Gasteiger partial charge in [0, 0.05) is 19.5 Å². The van der Waals surface area contributed by atoms with E-state index in [1.807, 2.05) is 18.7 Å². The van der Waals surface area contributed by atoms with Crippen molar-refractivity contribution in [1.82, 2.24) is 15.1 Å². The molecular formula is C10H17Cl2N3. The Kier molecular flexibility index (Phi) is 4.90. The molecule has 0 saturated heterocycles. The molecule has 0 fully saturated rings. The molecule has 86 valence electrons. The molecule has 1 aromatic heterocycles. The summed E-state index contributed by atoms with van der Waals surface area (Å²) in [5, 5.41) is 8.32. The molecule has 1 unspecified atom stereocenters. The number of halogens is 2. The minimum atomic E-state index is 0.472. The van der Waals surface area contributed by atoms with Gasteiger partial charge in [-0.15, -0.1) is 11.6 Å². The highest BCUT2D eigenvalue weighted by atomic mass is 35.5. The van der Waals surface area contributed by atoms with Crippen LogP contribution < -0.4 is 5.32 Å². The van der Waals surface area contributed by atoms with E-state index in [1.54, 1.807) is 0 Å². The Morgan fingerprint density at radius 2 is 2.20 bits per heavy atom. The fourth-order valence-electron chi connectivity index (χ4n) is 1.36. The summed E-state index contributed by atoms with van der Waals surface area (Å²) in [6.07, 6.45) is 0. The standard InChI is InChI=1S/C10H17Cl2N3/c1-7(4-11)5-13-6-9-10(12)8(2)14-15(9)3/h7,13H,4-6H2,1-3H3. The minimum Gasteiger partial charge on any atom is -0.311 e. The first-order valence-corrected chi connectivity index (χ1v) is 5.92. The van der Waals surface area contributed by atoms with Crippen LogP contribution in [0.25, 0.3) is 0 Å². The summed E-state index contributed by atoms with van der Waals surface area (Å²) in [6, 6.07) is 0. The summed E-state index contributed by atoms with van der Waals surface area (Å²) in [5.74, 6) is 1.14. The Morgan fingerprint density at radius 3 is 2.67 bits per heavy atom. The third-order valence-corrected chi connectivity index (χ3v) is 3.33. The van der Waals surface area contributed by atoms with E-state index in [4.69, 9.17) is 23.2 Å². The normalized spacial score (nSPS) is 13.1. The van der Waals surface area contributed by atoms with Crippen molar-refractivity contribution in [3.8, 4) is 0 Å². The molecule has 1 aromatic rings. The van der Waals surface area contributed by atoms with E-state index in [-0.39, 0.29) is 0 Å². The fraction of sp³-hybridized carbons (Fsp3) is 0.700. The molecule has 1 heterocycles. The molecule has 15 heavy (non-hydrogen) atoms. The van der Waals surface area contributed by atoms with E-state index in [1.165, 1.54) is 0 Å². The summed E-state index contributed by atoms with van der Waals surface area (Å²) in [5.41, 5.74) is 1.90. The predicted molar refractivity (Wildman–Crippen MR) is 64.5 cm³/mol. The molecule has 1 rings (SSSR count). The van der Waals surface area contributed by atoms with Crippen LogP contribution in [0.5, 0.6) is 0 Å². The maximum absolute atomic E-state index is 6.11. The van der Waals surface area contributed by atoms with Gasteiger partial charge < -0.3 is 5.32 Å². The maximum atomic E-state index is 6.11. The molecule has 0 aliphatic heterocycles. The molecular weight excluding hydrogens is 233 g/mol. The highest BCUT2D eigenvalue weighted by Crippen LogP contribution is 2.18. The van der Waals surface area contributed by atoms with Gasteiger partial charge in [0.05, 0.1) is 16.4 Å². The van der Waals surface area contributed by atoms with Gasteiger partial charge >= 0.3 is 0 Å². The molecule has 0 aromatic carbocycles. The van der Waals surface area contributed by atoms with E-state index >= 15 is 0 Å². The number of nitrogens with one attached hydrogen (secondary N) is 1. The van der Waals surface area contributed by atoms with E-state index in [2.05, 4.69) is 17.3 Å². The number of hydrogen-bond acceptors (Lipinski definition) is 2. The average Bonchev–Trinajstić information content (AvgIpc) is 2.44. The van der Waals surface area contributed by atoms with Gasteiger partial charge in [-0.2, -0.15) is 5.10 Å². The van der Waals surface area contributed by atoms with E-state index in [0.717, 1.165) is 29.5 Å². The third-order valence-electron chi connectivity index (χ3n) is 2.31. The van der Waals surface area contributed by atoms with E-state index < -0.39 is 0 Å². The molecule has 0 bridgehead atoms. The van der Waals surface area contributed by atoms with E-state index in [9.17, 15) is 0 Å². The Bertz CT molecular complexity index is 323. The van der Waals surface area contributed by atoms with Crippen molar-refractivity contribution in [3.63, 3.8) is 0 Å². The van der Waals surface area contributed by atoms with Crippen molar-refractivity contribution in [1.29, 1.82) is 0 Å². The van der Waals surface area contributed by atoms with Gasteiger partial charge in [0.2, 0.25) is 0 Å². The molecule has 1 atom stereocenters. The van der Waals surface area contributed by atoms with Crippen molar-refractivity contribution >= 4 is 23.2 Å². The van der Waals surface area contributed by atoms with Gasteiger partial charge in [0.15, 0.2) is 0 Å². The Balaban J connectivity index is 2.50. The molecule has 0 saturated carbocycles. The summed E-state index contributed by atoms with van der Waals surface area (Å²) < 4.78 is 1.82. The summed E-state index contributed by atoms with van der Waals surface area (Å²) in [4.78, 5) is 0. The zero-order valence-electron chi connectivity index (χ0n) is 9.35. The molecule has 0 spiro atoms. The highest BCUT2D eigenvalue weighted by Gasteiger charge is 2.10. The average molecular weight is 250 g/mol. The van der Waals surface area contributed by atoms with Crippen LogP contribution in [0.1, 0.15) is 18.3 Å². The number of aromatic nitrogens is 2. The SMILES string of the molecule is Cc1nn(C)c(CNCC(C)CCl)c1Cl. The summed E-state index contributed by atoms with van der Waals surface area (Å²) in [6.45, 7) is 5.64. The molecule has 0 radical (unpaired) electrons. The van der Waals surface area contributed by atoms with Gasteiger partial charge in [0.1, 0.15) is 0 Å². The number of alkyl halides is 1. The number of nitrogens with zero attached hydrogens (tertiary/aromatic N) is 2. The van der Waals surface area contributed by atoms with Gasteiger partial charge in [0.25, 0.3) is 0 Å². The van der Waals surface area contributed by atoms with Crippen molar-refractivity contribution in [2.75, 3.05) is 12.4 Å². The van der Waals surface area contributed by atoms with Gasteiger partial charge in [-0.1, -0.05) is 18.5 Å². The van der Waals surface area contributed by atoms with Crippen LogP contribution in [0.2, 0.25) is 5.02 Å². The first-order valence-electron chi connectivity index (χ1n) is 5.01. The second kappa shape index (κ2) is 5.73. The minimum absolute atomic E-state index is 0.472. The lowest BCUT2D eigenvalue weighted by Gasteiger charge is -2.09. The van der Waals surface area contributed by atoms with Crippen LogP contribution in [-0.2, 0) is 13.6 Å². The number of aryl methyl sites for hydroxylation is 2. The van der Waals surface area contributed by atoms with Crippen LogP contribution in [-0.4, -0.2) is 22.2 Å². The number of hydrogen-bond donors (Lipinski definition) is 1. The summed E-state index contributed by atoms with van der Waals surface area (Å²) in [7, 11) is 1.90. The second-order valence-corrected chi connectivity index (χ2v) is 4.55. The van der Waals surface area contributed by atoms with Gasteiger partial charge in [-0.25, -0.2) is 0 Å². The molecule has 5 heteroatoms. The zero-order valence-corrected chi connectivity index (χ0v) is 10.9. The highest BCUT2D eigenvalue weighted by molar-refractivity contribution is 6.31. The monoisotopic (exact) mass is 249 g/mol. The molecule has 1 N–H and O–H groups in total. The van der Waals surface area contributed by atoms with Crippen LogP contribution >= 0.6 is 23.2 Å². The zero-order chi connectivity index (χ0) is 11.4. The van der Waals surface area contributed by atoms with Crippen LogP contribution in [0.15, 0.2) is 0 Å². The lowest BCUT2D eigenvalue weighted by molar-refractivity contribution is 0.540. The fourth-order valence-corrected chi connectivity index (χ4v) is 1.70. The lowest BCUT2D eigenvalue weighted by Crippen LogP contribution is -2.22. The first kappa shape index (κ1) is 12.8. The third kappa shape index (κ3) is 3.37. The van der Waals surface area contributed by atoms with Crippen LogP contribution in [0, 0.1) is 12.8 Å². The van der Waals surface area contributed by atoms with Crippen LogP contribution in [0.3, 0.4) is 0 Å². The van der Waals surface area contributed by atoms with Crippen molar-refractivity contribution < 1.29 is 0 Å². The predicted octanol–water partition coefficient (Wildman–Crippen LogP) is 2.35. The molecule has 3 nitrogen and oxygen atoms in total.